The van der Waals surface area contributed by atoms with Gasteiger partial charge in [-0.25, -0.2) is 18.4 Å². The first-order chi connectivity index (χ1) is 15.7. The van der Waals surface area contributed by atoms with Crippen LogP contribution < -0.4 is 10.1 Å². The van der Waals surface area contributed by atoms with Gasteiger partial charge in [-0.15, -0.1) is 0 Å². The summed E-state index contributed by atoms with van der Waals surface area (Å²) in [5.41, 5.74) is -0.536. The van der Waals surface area contributed by atoms with Crippen molar-refractivity contribution in [3.05, 3.63) is 59.7 Å². The molecule has 0 saturated carbocycles. The summed E-state index contributed by atoms with van der Waals surface area (Å²) in [7, 11) is 0. The Morgan fingerprint density at radius 3 is 2.48 bits per heavy atom. The van der Waals surface area contributed by atoms with Crippen LogP contribution in [0.2, 0.25) is 0 Å². The Hall–Kier alpha value is -3.16. The molecule has 0 aliphatic heterocycles. The Labute approximate surface area is 193 Å². The number of hydrogen-bond acceptors (Lipinski definition) is 3. The van der Waals surface area contributed by atoms with E-state index in [1.807, 2.05) is 6.07 Å². The molecule has 2 N–H and O–H groups in total. The minimum atomic E-state index is -1.33. The van der Waals surface area contributed by atoms with E-state index in [0.29, 0.717) is 31.7 Å². The second-order valence-corrected chi connectivity index (χ2v) is 8.14. The molecule has 0 heterocycles. The van der Waals surface area contributed by atoms with Crippen molar-refractivity contribution in [1.29, 1.82) is 0 Å². The molecule has 0 bridgehead atoms. The molecule has 2 rings (SSSR count). The van der Waals surface area contributed by atoms with Crippen molar-refractivity contribution in [2.24, 2.45) is 0 Å². The van der Waals surface area contributed by atoms with Gasteiger partial charge in [-0.2, -0.15) is 0 Å². The zero-order valence-corrected chi connectivity index (χ0v) is 19.4. The third kappa shape index (κ3) is 7.73. The number of anilines is 1. The maximum atomic E-state index is 14.0. The molecule has 8 heteroatoms. The molecule has 0 fully saturated rings. The Kier molecular flexibility index (Phi) is 9.63. The van der Waals surface area contributed by atoms with Crippen molar-refractivity contribution in [2.75, 3.05) is 18.4 Å². The number of carboxylic acid groups (broad SMARTS) is 1. The SMILES string of the molecule is CCCCCN(CCc1cccc(O[C@](C)(CC)C(=O)O)c1)C(=O)Nc1ccc(F)cc1F. The first kappa shape index (κ1) is 26.1. The highest BCUT2D eigenvalue weighted by atomic mass is 19.1. The van der Waals surface area contributed by atoms with E-state index in [1.54, 1.807) is 30.0 Å². The van der Waals surface area contributed by atoms with Gasteiger partial charge < -0.3 is 20.1 Å². The van der Waals surface area contributed by atoms with Gasteiger partial charge in [0, 0.05) is 19.2 Å². The van der Waals surface area contributed by atoms with Gasteiger partial charge in [0.2, 0.25) is 5.60 Å². The van der Waals surface area contributed by atoms with E-state index in [9.17, 15) is 23.5 Å². The normalized spacial score (nSPS) is 12.6. The summed E-state index contributed by atoms with van der Waals surface area (Å²) >= 11 is 0. The summed E-state index contributed by atoms with van der Waals surface area (Å²) in [5.74, 6) is -2.15. The molecule has 0 aromatic heterocycles. The Bertz CT molecular complexity index is 954. The van der Waals surface area contributed by atoms with Crippen molar-refractivity contribution < 1.29 is 28.2 Å². The predicted octanol–water partition coefficient (Wildman–Crippen LogP) is 5.86. The molecule has 33 heavy (non-hydrogen) atoms. The van der Waals surface area contributed by atoms with Crippen LogP contribution in [0.15, 0.2) is 42.5 Å². The highest BCUT2D eigenvalue weighted by molar-refractivity contribution is 5.89. The maximum Gasteiger partial charge on any atom is 0.347 e. The standard InChI is InChI=1S/C25H32F2N2O4/c1-4-6-7-14-29(24(32)28-22-12-11-19(26)17-21(22)27)15-13-18-9-8-10-20(16-18)33-25(3,5-2)23(30)31/h8-12,16-17H,4-7,13-15H2,1-3H3,(H,28,32)(H,30,31)/t25-/m1/s1. The van der Waals surface area contributed by atoms with Crippen molar-refractivity contribution >= 4 is 17.7 Å². The summed E-state index contributed by atoms with van der Waals surface area (Å²) in [4.78, 5) is 25.9. The van der Waals surface area contributed by atoms with Crippen LogP contribution in [0.5, 0.6) is 5.75 Å². The first-order valence-corrected chi connectivity index (χ1v) is 11.2. The minimum Gasteiger partial charge on any atom is -0.478 e. The van der Waals surface area contributed by atoms with Crippen LogP contribution in [0.3, 0.4) is 0 Å². The lowest BCUT2D eigenvalue weighted by atomic mass is 10.0. The number of urea groups is 1. The van der Waals surface area contributed by atoms with Crippen LogP contribution in [-0.2, 0) is 11.2 Å². The highest BCUT2D eigenvalue weighted by Crippen LogP contribution is 2.23. The Balaban J connectivity index is 2.09. The third-order valence-electron chi connectivity index (χ3n) is 5.53. The number of unbranched alkanes of at least 4 members (excludes halogenated alkanes) is 2. The number of aliphatic carboxylic acids is 1. The number of ether oxygens (including phenoxy) is 1. The smallest absolute Gasteiger partial charge is 0.347 e. The average Bonchev–Trinajstić information content (AvgIpc) is 2.78. The quantitative estimate of drug-likeness (QED) is 0.387. The fourth-order valence-electron chi connectivity index (χ4n) is 3.21. The highest BCUT2D eigenvalue weighted by Gasteiger charge is 2.33. The van der Waals surface area contributed by atoms with Crippen LogP contribution in [0.4, 0.5) is 19.3 Å². The van der Waals surface area contributed by atoms with E-state index < -0.39 is 29.2 Å². The third-order valence-corrected chi connectivity index (χ3v) is 5.53. The lowest BCUT2D eigenvalue weighted by Gasteiger charge is -2.25. The van der Waals surface area contributed by atoms with Gasteiger partial charge in [0.05, 0.1) is 5.69 Å². The zero-order valence-electron chi connectivity index (χ0n) is 19.4. The molecule has 0 spiro atoms. The molecule has 180 valence electrons. The topological polar surface area (TPSA) is 78.9 Å². The lowest BCUT2D eigenvalue weighted by molar-refractivity contribution is -0.154. The van der Waals surface area contributed by atoms with E-state index >= 15 is 0 Å². The van der Waals surface area contributed by atoms with Crippen LogP contribution in [0.25, 0.3) is 0 Å². The molecule has 2 aromatic carbocycles. The molecular formula is C25H32F2N2O4. The van der Waals surface area contributed by atoms with Crippen molar-refractivity contribution in [1.82, 2.24) is 4.90 Å². The van der Waals surface area contributed by atoms with E-state index in [2.05, 4.69) is 12.2 Å². The number of halogens is 2. The monoisotopic (exact) mass is 462 g/mol. The van der Waals surface area contributed by atoms with Crippen LogP contribution in [0, 0.1) is 11.6 Å². The fourth-order valence-corrected chi connectivity index (χ4v) is 3.21. The van der Waals surface area contributed by atoms with Crippen molar-refractivity contribution in [3.8, 4) is 5.75 Å². The first-order valence-electron chi connectivity index (χ1n) is 11.2. The van der Waals surface area contributed by atoms with Crippen molar-refractivity contribution in [2.45, 2.75) is 58.5 Å². The molecule has 1 atom stereocenters. The van der Waals surface area contributed by atoms with Gasteiger partial charge in [-0.1, -0.05) is 38.8 Å². The molecule has 2 amide bonds. The molecule has 6 nitrogen and oxygen atoms in total. The molecular weight excluding hydrogens is 430 g/mol. The van der Waals surface area contributed by atoms with Crippen LogP contribution in [-0.4, -0.2) is 40.7 Å². The predicted molar refractivity (Wildman–Crippen MR) is 124 cm³/mol. The summed E-state index contributed by atoms with van der Waals surface area (Å²) in [6.07, 6.45) is 3.53. The van der Waals surface area contributed by atoms with E-state index in [0.717, 1.165) is 37.0 Å². The second-order valence-electron chi connectivity index (χ2n) is 8.14. The van der Waals surface area contributed by atoms with Gasteiger partial charge in [-0.3, -0.25) is 0 Å². The van der Waals surface area contributed by atoms with Crippen LogP contribution >= 0.6 is 0 Å². The van der Waals surface area contributed by atoms with E-state index in [4.69, 9.17) is 4.74 Å². The van der Waals surface area contributed by atoms with Crippen molar-refractivity contribution in [3.63, 3.8) is 0 Å². The number of carbonyl (C=O) groups is 2. The summed E-state index contributed by atoms with van der Waals surface area (Å²) in [6, 6.07) is 9.66. The molecule has 2 aromatic rings. The van der Waals surface area contributed by atoms with Gasteiger partial charge in [-0.05, 0) is 56.0 Å². The molecule has 0 radical (unpaired) electrons. The number of carbonyl (C=O) groups excluding carboxylic acids is 1. The molecule has 0 unspecified atom stereocenters. The van der Waals surface area contributed by atoms with E-state index in [1.165, 1.54) is 13.0 Å². The van der Waals surface area contributed by atoms with Crippen LogP contribution in [0.1, 0.15) is 52.0 Å². The Morgan fingerprint density at radius 2 is 1.85 bits per heavy atom. The molecule has 0 saturated heterocycles. The number of benzene rings is 2. The lowest BCUT2D eigenvalue weighted by Crippen LogP contribution is -2.40. The minimum absolute atomic E-state index is 0.0789. The maximum absolute atomic E-state index is 14.0. The summed E-state index contributed by atoms with van der Waals surface area (Å²) in [6.45, 7) is 6.19. The van der Waals surface area contributed by atoms with Gasteiger partial charge in [0.25, 0.3) is 0 Å². The Morgan fingerprint density at radius 1 is 1.09 bits per heavy atom. The zero-order chi connectivity index (χ0) is 24.4. The largest absolute Gasteiger partial charge is 0.478 e. The number of hydrogen-bond donors (Lipinski definition) is 2. The van der Waals surface area contributed by atoms with E-state index in [-0.39, 0.29) is 5.69 Å². The van der Waals surface area contributed by atoms with Gasteiger partial charge >= 0.3 is 12.0 Å². The second kappa shape index (κ2) is 12.2. The average molecular weight is 463 g/mol. The van der Waals surface area contributed by atoms with Gasteiger partial charge in [0.15, 0.2) is 0 Å². The number of nitrogens with one attached hydrogen (secondary N) is 1. The van der Waals surface area contributed by atoms with Gasteiger partial charge in [0.1, 0.15) is 17.4 Å². The fraction of sp³-hybridized carbons (Fsp3) is 0.440. The summed E-state index contributed by atoms with van der Waals surface area (Å²) < 4.78 is 32.8. The summed E-state index contributed by atoms with van der Waals surface area (Å²) in [5, 5.41) is 12.0. The molecule has 0 aliphatic rings. The number of rotatable bonds is 12. The number of nitrogens with zero attached hydrogens (tertiary/aromatic N) is 1. The molecule has 0 aliphatic carbocycles. The number of amides is 2. The number of carboxylic acids is 1.